The summed E-state index contributed by atoms with van der Waals surface area (Å²) in [6.45, 7) is 1.79. The van der Waals surface area contributed by atoms with Gasteiger partial charge in [-0.2, -0.15) is 9.19 Å². The van der Waals surface area contributed by atoms with Crippen molar-refractivity contribution >= 4 is 44.8 Å². The third-order valence-corrected chi connectivity index (χ3v) is 8.70. The zero-order chi connectivity index (χ0) is 31.2. The quantitative estimate of drug-likeness (QED) is 0.300. The van der Waals surface area contributed by atoms with Crippen molar-refractivity contribution in [3.8, 4) is 28.2 Å². The number of hydrogen-bond donors (Lipinski definition) is 1. The van der Waals surface area contributed by atoms with Crippen molar-refractivity contribution in [2.45, 2.75) is 32.2 Å². The van der Waals surface area contributed by atoms with Crippen molar-refractivity contribution in [2.75, 3.05) is 11.6 Å². The zero-order valence-corrected chi connectivity index (χ0v) is 25.8. The number of carbonyl (C=O) groups is 1. The summed E-state index contributed by atoms with van der Waals surface area (Å²) >= 11 is 12.3. The molecule has 0 saturated carbocycles. The number of benzene rings is 1. The normalized spacial score (nSPS) is 17.3. The van der Waals surface area contributed by atoms with Crippen LogP contribution in [-0.4, -0.2) is 59.3 Å². The Bertz CT molecular complexity index is 2070. The highest BCUT2D eigenvalue weighted by Crippen LogP contribution is 2.34. The van der Waals surface area contributed by atoms with Crippen LogP contribution < -0.4 is 10.9 Å². The van der Waals surface area contributed by atoms with Gasteiger partial charge < -0.3 is 5.32 Å². The summed E-state index contributed by atoms with van der Waals surface area (Å²) in [5, 5.41) is 15.4. The summed E-state index contributed by atoms with van der Waals surface area (Å²) < 4.78 is 29.0. The SMILES string of the molecule is C[C@@H]1CCC[C@H](n2cnc(-c3cc(Cl)ccc3-n3cc(Cl)nn3)cc2=O)c2cc(ccn2)-c2c(cnn2S(C)(=O)=O)NC1=O. The molecule has 5 aromatic rings. The van der Waals surface area contributed by atoms with E-state index in [1.165, 1.54) is 40.2 Å². The van der Waals surface area contributed by atoms with Crippen LogP contribution in [0, 0.1) is 5.92 Å². The first-order chi connectivity index (χ1) is 21.0. The highest BCUT2D eigenvalue weighted by atomic mass is 35.5. The van der Waals surface area contributed by atoms with Crippen LogP contribution >= 0.6 is 23.2 Å². The van der Waals surface area contributed by atoms with E-state index in [-0.39, 0.29) is 33.9 Å². The molecule has 4 aromatic heterocycles. The van der Waals surface area contributed by atoms with Crippen LogP contribution in [0.5, 0.6) is 0 Å². The smallest absolute Gasteiger partial charge is 0.254 e. The Labute approximate surface area is 261 Å². The maximum absolute atomic E-state index is 13.7. The number of pyridine rings is 1. The van der Waals surface area contributed by atoms with Gasteiger partial charge in [0.15, 0.2) is 5.15 Å². The van der Waals surface area contributed by atoms with Gasteiger partial charge in [0.25, 0.3) is 15.6 Å². The highest BCUT2D eigenvalue weighted by molar-refractivity contribution is 7.89. The molecular weight excluding hydrogens is 629 g/mol. The fourth-order valence-electron chi connectivity index (χ4n) is 5.22. The fourth-order valence-corrected chi connectivity index (χ4v) is 6.27. The van der Waals surface area contributed by atoms with Gasteiger partial charge in [0.05, 0.1) is 53.8 Å². The number of carbonyl (C=O) groups excluding carboxylic acids is 1. The Morgan fingerprint density at radius 2 is 1.86 bits per heavy atom. The Kier molecular flexibility index (Phi) is 7.82. The molecule has 2 atom stereocenters. The first-order valence-electron chi connectivity index (χ1n) is 13.5. The molecule has 6 rings (SSSR count). The second-order valence-electron chi connectivity index (χ2n) is 10.5. The number of halogens is 2. The number of nitrogens with one attached hydrogen (secondary N) is 1. The van der Waals surface area contributed by atoms with E-state index >= 15 is 0 Å². The molecule has 1 N–H and O–H groups in total. The molecule has 0 saturated heterocycles. The largest absolute Gasteiger partial charge is 0.323 e. The molecule has 0 unspecified atom stereocenters. The topological polar surface area (TPSA) is 160 Å². The van der Waals surface area contributed by atoms with Crippen molar-refractivity contribution in [3.63, 3.8) is 0 Å². The van der Waals surface area contributed by atoms with Crippen LogP contribution in [-0.2, 0) is 14.8 Å². The monoisotopic (exact) mass is 653 g/mol. The second kappa shape index (κ2) is 11.6. The third kappa shape index (κ3) is 5.75. The molecule has 0 spiro atoms. The summed E-state index contributed by atoms with van der Waals surface area (Å²) in [6, 6.07) is 9.26. The van der Waals surface area contributed by atoms with Gasteiger partial charge in [-0.1, -0.05) is 41.8 Å². The van der Waals surface area contributed by atoms with Crippen LogP contribution in [0.2, 0.25) is 10.2 Å². The van der Waals surface area contributed by atoms with E-state index in [0.29, 0.717) is 52.5 Å². The lowest BCUT2D eigenvalue weighted by atomic mass is 9.97. The maximum Gasteiger partial charge on any atom is 0.254 e. The third-order valence-electron chi connectivity index (χ3n) is 7.39. The van der Waals surface area contributed by atoms with Gasteiger partial charge in [0.2, 0.25) is 5.91 Å². The molecule has 2 bridgehead atoms. The minimum absolute atomic E-state index is 0.193. The van der Waals surface area contributed by atoms with E-state index in [4.69, 9.17) is 23.2 Å². The number of amides is 1. The van der Waals surface area contributed by atoms with Gasteiger partial charge in [-0.15, -0.1) is 5.10 Å². The standard InChI is InChI=1S/C28H25Cl2N9O4S/c1-16-4-3-5-24(21-10-17(8-9-31-21)27-22(34-28(16)41)13-33-39(27)44(2,42)43)37-15-32-20(12-26(37)40)19-11-18(29)6-7-23(19)38-14-25(30)35-36-38/h6-16,24H,3-5H2,1-2H3,(H,34,41)/t16-,24+/m1/s1. The molecule has 1 aromatic carbocycles. The van der Waals surface area contributed by atoms with E-state index in [0.717, 1.165) is 10.3 Å². The van der Waals surface area contributed by atoms with E-state index in [1.807, 2.05) is 0 Å². The minimum atomic E-state index is -3.82. The number of hydrogen-bond acceptors (Lipinski definition) is 9. The number of rotatable bonds is 4. The fraction of sp³-hybridized carbons (Fsp3) is 0.250. The molecule has 16 heteroatoms. The lowest BCUT2D eigenvalue weighted by molar-refractivity contribution is -0.119. The summed E-state index contributed by atoms with van der Waals surface area (Å²) in [7, 11) is -3.82. The van der Waals surface area contributed by atoms with E-state index in [9.17, 15) is 18.0 Å². The van der Waals surface area contributed by atoms with Crippen molar-refractivity contribution in [1.29, 1.82) is 0 Å². The van der Waals surface area contributed by atoms with Crippen LogP contribution in [0.4, 0.5) is 5.69 Å². The summed E-state index contributed by atoms with van der Waals surface area (Å²) in [5.41, 5.74) is 2.56. The summed E-state index contributed by atoms with van der Waals surface area (Å²) in [6.07, 6.45) is 8.44. The molecule has 0 aliphatic carbocycles. The Balaban J connectivity index is 1.46. The Hall–Kier alpha value is -4.40. The van der Waals surface area contributed by atoms with E-state index in [1.54, 1.807) is 37.3 Å². The molecule has 13 nitrogen and oxygen atoms in total. The van der Waals surface area contributed by atoms with Crippen LogP contribution in [0.25, 0.3) is 28.2 Å². The lowest BCUT2D eigenvalue weighted by Gasteiger charge is -2.22. The number of nitrogens with zero attached hydrogens (tertiary/aromatic N) is 8. The highest BCUT2D eigenvalue weighted by Gasteiger charge is 2.26. The average Bonchev–Trinajstić information content (AvgIpc) is 3.61. The van der Waals surface area contributed by atoms with Crippen molar-refractivity contribution in [3.05, 3.63) is 87.5 Å². The molecule has 1 aliphatic rings. The van der Waals surface area contributed by atoms with Gasteiger partial charge in [-0.05, 0) is 43.2 Å². The van der Waals surface area contributed by atoms with Crippen LogP contribution in [0.3, 0.4) is 0 Å². The molecule has 0 fully saturated rings. The van der Waals surface area contributed by atoms with Gasteiger partial charge >= 0.3 is 0 Å². The molecule has 226 valence electrons. The minimum Gasteiger partial charge on any atom is -0.323 e. The molecule has 5 heterocycles. The molecule has 0 radical (unpaired) electrons. The Morgan fingerprint density at radius 3 is 2.59 bits per heavy atom. The predicted molar refractivity (Wildman–Crippen MR) is 164 cm³/mol. The first kappa shape index (κ1) is 29.7. The lowest BCUT2D eigenvalue weighted by Crippen LogP contribution is -2.27. The molecule has 44 heavy (non-hydrogen) atoms. The van der Waals surface area contributed by atoms with Crippen LogP contribution in [0.1, 0.15) is 37.9 Å². The molecular formula is C28H25Cl2N9O4S. The summed E-state index contributed by atoms with van der Waals surface area (Å²) in [4.78, 5) is 35.9. The van der Waals surface area contributed by atoms with Gasteiger partial charge in [-0.25, -0.2) is 18.1 Å². The number of fused-ring (bicyclic) bond motifs is 4. The zero-order valence-electron chi connectivity index (χ0n) is 23.4. The first-order valence-corrected chi connectivity index (χ1v) is 16.1. The maximum atomic E-state index is 13.7. The number of aromatic nitrogens is 8. The van der Waals surface area contributed by atoms with E-state index in [2.05, 4.69) is 30.7 Å². The van der Waals surface area contributed by atoms with Gasteiger partial charge in [0.1, 0.15) is 5.69 Å². The van der Waals surface area contributed by atoms with Crippen molar-refractivity contribution < 1.29 is 13.2 Å². The van der Waals surface area contributed by atoms with E-state index < -0.39 is 16.1 Å². The second-order valence-corrected chi connectivity index (χ2v) is 13.1. The predicted octanol–water partition coefficient (Wildman–Crippen LogP) is 4.21. The Morgan fingerprint density at radius 1 is 1.05 bits per heavy atom. The van der Waals surface area contributed by atoms with Gasteiger partial charge in [0, 0.05) is 34.3 Å². The molecule has 1 amide bonds. The van der Waals surface area contributed by atoms with Gasteiger partial charge in [-0.3, -0.25) is 19.1 Å². The molecule has 1 aliphatic heterocycles. The summed E-state index contributed by atoms with van der Waals surface area (Å²) in [5.74, 6) is -0.653. The number of anilines is 1. The van der Waals surface area contributed by atoms with Crippen molar-refractivity contribution in [1.82, 2.24) is 38.7 Å². The van der Waals surface area contributed by atoms with Crippen molar-refractivity contribution in [2.24, 2.45) is 5.92 Å². The van der Waals surface area contributed by atoms with Crippen LogP contribution in [0.15, 0.2) is 66.1 Å². The average molecular weight is 655 g/mol.